The first-order valence-electron chi connectivity index (χ1n) is 5.42. The van der Waals surface area contributed by atoms with Crippen LogP contribution >= 0.6 is 43.5 Å². The summed E-state index contributed by atoms with van der Waals surface area (Å²) < 4.78 is 6.00. The van der Waals surface area contributed by atoms with Gasteiger partial charge in [-0.15, -0.1) is 11.6 Å². The van der Waals surface area contributed by atoms with E-state index in [4.69, 9.17) is 16.3 Å². The number of halogens is 3. The summed E-state index contributed by atoms with van der Waals surface area (Å²) in [6.45, 7) is 0. The van der Waals surface area contributed by atoms with Crippen molar-refractivity contribution < 1.29 is 14.3 Å². The highest BCUT2D eigenvalue weighted by Crippen LogP contribution is 2.31. The molecule has 0 aromatic heterocycles. The Hall–Kier alpha value is -0.590. The van der Waals surface area contributed by atoms with E-state index in [2.05, 4.69) is 37.2 Å². The number of ether oxygens (including phenoxy) is 1. The van der Waals surface area contributed by atoms with Crippen LogP contribution in [0.4, 0.5) is 5.69 Å². The van der Waals surface area contributed by atoms with Gasteiger partial charge in [0.2, 0.25) is 5.91 Å². The Balaban J connectivity index is 3.04. The van der Waals surface area contributed by atoms with E-state index in [1.54, 1.807) is 12.1 Å². The van der Waals surface area contributed by atoms with Gasteiger partial charge in [0.15, 0.2) is 0 Å². The largest absolute Gasteiger partial charge is 0.465 e. The number of amides is 1. The average Bonchev–Trinajstić information content (AvgIpc) is 2.38. The third kappa shape index (κ3) is 4.78. The maximum Gasteiger partial charge on any atom is 0.340 e. The zero-order chi connectivity index (χ0) is 14.4. The topological polar surface area (TPSA) is 55.4 Å². The van der Waals surface area contributed by atoms with Gasteiger partial charge in [0.25, 0.3) is 0 Å². The van der Waals surface area contributed by atoms with Crippen LogP contribution in [0.5, 0.6) is 0 Å². The second-order valence-corrected chi connectivity index (χ2v) is 5.79. The van der Waals surface area contributed by atoms with Crippen molar-refractivity contribution in [3.8, 4) is 0 Å². The normalized spacial score (nSPS) is 10.1. The molecule has 1 amide bonds. The zero-order valence-electron chi connectivity index (χ0n) is 10.1. The first kappa shape index (κ1) is 16.5. The number of rotatable bonds is 5. The first-order chi connectivity index (χ1) is 8.99. The number of esters is 1. The molecule has 0 fully saturated rings. The monoisotopic (exact) mass is 411 g/mol. The molecule has 0 atom stereocenters. The van der Waals surface area contributed by atoms with Crippen molar-refractivity contribution >= 4 is 61.0 Å². The van der Waals surface area contributed by atoms with Gasteiger partial charge in [0, 0.05) is 21.2 Å². The standard InChI is InChI=1S/C12H12Br2ClNO3/c1-19-12(18)8-5-7(13)6-9(14)11(8)16-10(17)3-2-4-15/h5-6H,2-4H2,1H3,(H,16,17). The minimum atomic E-state index is -0.519. The molecule has 0 unspecified atom stereocenters. The van der Waals surface area contributed by atoms with Crippen LogP contribution in [0.15, 0.2) is 21.1 Å². The zero-order valence-corrected chi connectivity index (χ0v) is 14.1. The van der Waals surface area contributed by atoms with Crippen molar-refractivity contribution in [1.82, 2.24) is 0 Å². The Morgan fingerprint density at radius 1 is 1.37 bits per heavy atom. The Morgan fingerprint density at radius 2 is 2.05 bits per heavy atom. The van der Waals surface area contributed by atoms with Crippen molar-refractivity contribution in [2.75, 3.05) is 18.3 Å². The van der Waals surface area contributed by atoms with E-state index in [0.717, 1.165) is 0 Å². The maximum atomic E-state index is 11.7. The van der Waals surface area contributed by atoms with Crippen molar-refractivity contribution in [1.29, 1.82) is 0 Å². The highest BCUT2D eigenvalue weighted by Gasteiger charge is 2.17. The summed E-state index contributed by atoms with van der Waals surface area (Å²) in [5, 5.41) is 2.69. The number of hydrogen-bond acceptors (Lipinski definition) is 3. The van der Waals surface area contributed by atoms with E-state index in [0.29, 0.717) is 33.4 Å². The van der Waals surface area contributed by atoms with E-state index in [-0.39, 0.29) is 11.5 Å². The highest BCUT2D eigenvalue weighted by molar-refractivity contribution is 9.11. The lowest BCUT2D eigenvalue weighted by molar-refractivity contribution is -0.116. The Kier molecular flexibility index (Phi) is 6.82. The van der Waals surface area contributed by atoms with E-state index in [1.807, 2.05) is 0 Å². The molecule has 1 aromatic carbocycles. The van der Waals surface area contributed by atoms with Crippen molar-refractivity contribution in [3.63, 3.8) is 0 Å². The van der Waals surface area contributed by atoms with Crippen LogP contribution in [0.2, 0.25) is 0 Å². The second kappa shape index (κ2) is 7.87. The highest BCUT2D eigenvalue weighted by atomic mass is 79.9. The summed E-state index contributed by atoms with van der Waals surface area (Å²) in [6, 6.07) is 3.33. The number of nitrogens with one attached hydrogen (secondary N) is 1. The molecule has 0 aliphatic heterocycles. The molecular formula is C12H12Br2ClNO3. The lowest BCUT2D eigenvalue weighted by atomic mass is 10.1. The molecule has 1 rings (SSSR count). The van der Waals surface area contributed by atoms with E-state index < -0.39 is 5.97 Å². The Morgan fingerprint density at radius 3 is 2.63 bits per heavy atom. The summed E-state index contributed by atoms with van der Waals surface area (Å²) in [7, 11) is 1.29. The fourth-order valence-electron chi connectivity index (χ4n) is 1.40. The smallest absolute Gasteiger partial charge is 0.340 e. The van der Waals surface area contributed by atoms with Crippen LogP contribution in [-0.4, -0.2) is 24.9 Å². The fourth-order valence-corrected chi connectivity index (χ4v) is 2.86. The maximum absolute atomic E-state index is 11.7. The number of anilines is 1. The van der Waals surface area contributed by atoms with E-state index >= 15 is 0 Å². The molecule has 0 saturated carbocycles. The quantitative estimate of drug-likeness (QED) is 0.587. The SMILES string of the molecule is COC(=O)c1cc(Br)cc(Br)c1NC(=O)CCCCl. The molecular weight excluding hydrogens is 401 g/mol. The van der Waals surface area contributed by atoms with Crippen LogP contribution < -0.4 is 5.32 Å². The van der Waals surface area contributed by atoms with E-state index in [9.17, 15) is 9.59 Å². The minimum Gasteiger partial charge on any atom is -0.465 e. The summed E-state index contributed by atoms with van der Waals surface area (Å²) in [4.78, 5) is 23.4. The number of carbonyl (C=O) groups is 2. The van der Waals surface area contributed by atoms with Crippen LogP contribution in [0, 0.1) is 0 Å². The molecule has 1 aromatic rings. The van der Waals surface area contributed by atoms with Crippen LogP contribution in [0.3, 0.4) is 0 Å². The van der Waals surface area contributed by atoms with Gasteiger partial charge in [-0.1, -0.05) is 15.9 Å². The molecule has 19 heavy (non-hydrogen) atoms. The molecule has 0 bridgehead atoms. The van der Waals surface area contributed by atoms with Crippen molar-refractivity contribution in [2.24, 2.45) is 0 Å². The third-order valence-electron chi connectivity index (χ3n) is 2.26. The number of alkyl halides is 1. The van der Waals surface area contributed by atoms with Gasteiger partial charge in [0.1, 0.15) is 0 Å². The van der Waals surface area contributed by atoms with E-state index in [1.165, 1.54) is 7.11 Å². The molecule has 0 radical (unpaired) electrons. The summed E-state index contributed by atoms with van der Waals surface area (Å²) in [5.74, 6) is -0.304. The van der Waals surface area contributed by atoms with Crippen LogP contribution in [0.25, 0.3) is 0 Å². The lowest BCUT2D eigenvalue weighted by Gasteiger charge is -2.12. The van der Waals surface area contributed by atoms with Gasteiger partial charge in [-0.05, 0) is 34.5 Å². The number of hydrogen-bond donors (Lipinski definition) is 1. The number of benzene rings is 1. The number of methoxy groups -OCH3 is 1. The second-order valence-electron chi connectivity index (χ2n) is 3.64. The van der Waals surface area contributed by atoms with Crippen LogP contribution in [-0.2, 0) is 9.53 Å². The average molecular weight is 413 g/mol. The number of carbonyl (C=O) groups excluding carboxylic acids is 2. The van der Waals surface area contributed by atoms with Gasteiger partial charge in [0.05, 0.1) is 18.4 Å². The Bertz CT molecular complexity index is 494. The van der Waals surface area contributed by atoms with Gasteiger partial charge >= 0.3 is 5.97 Å². The molecule has 0 saturated heterocycles. The molecule has 4 nitrogen and oxygen atoms in total. The predicted octanol–water partition coefficient (Wildman–Crippen LogP) is 3.96. The fraction of sp³-hybridized carbons (Fsp3) is 0.333. The molecule has 0 spiro atoms. The molecule has 104 valence electrons. The summed E-state index contributed by atoms with van der Waals surface area (Å²) in [5.41, 5.74) is 0.678. The van der Waals surface area contributed by atoms with Gasteiger partial charge in [-0.2, -0.15) is 0 Å². The minimum absolute atomic E-state index is 0.200. The molecule has 7 heteroatoms. The van der Waals surface area contributed by atoms with Crippen molar-refractivity contribution in [3.05, 3.63) is 26.6 Å². The van der Waals surface area contributed by atoms with Gasteiger partial charge < -0.3 is 10.1 Å². The predicted molar refractivity (Wildman–Crippen MR) is 81.8 cm³/mol. The van der Waals surface area contributed by atoms with Crippen molar-refractivity contribution in [2.45, 2.75) is 12.8 Å². The first-order valence-corrected chi connectivity index (χ1v) is 7.54. The van der Waals surface area contributed by atoms with Gasteiger partial charge in [-0.3, -0.25) is 4.79 Å². The lowest BCUT2D eigenvalue weighted by Crippen LogP contribution is -2.15. The summed E-state index contributed by atoms with van der Waals surface area (Å²) >= 11 is 12.1. The summed E-state index contributed by atoms with van der Waals surface area (Å²) in [6.07, 6.45) is 0.877. The molecule has 0 heterocycles. The molecule has 1 N–H and O–H groups in total. The van der Waals surface area contributed by atoms with Crippen LogP contribution in [0.1, 0.15) is 23.2 Å². The third-order valence-corrected chi connectivity index (χ3v) is 3.61. The Labute approximate surface area is 133 Å². The van der Waals surface area contributed by atoms with Gasteiger partial charge in [-0.25, -0.2) is 4.79 Å². The molecule has 0 aliphatic carbocycles. The molecule has 0 aliphatic rings.